The number of Topliss-reactive ketones (excluding diaryl/α,β-unsaturated/α-hetero) is 3. The zero-order valence-corrected chi connectivity index (χ0v) is 54.1. The molecule has 23 nitrogen and oxygen atoms in total. The van der Waals surface area contributed by atoms with E-state index in [4.69, 9.17) is 23.9 Å². The van der Waals surface area contributed by atoms with Gasteiger partial charge in [-0.25, -0.2) is 14.2 Å². The smallest absolute Gasteiger partial charge is 0.343 e. The molecule has 5 aliphatic rings. The number of aliphatic hydroxyl groups is 1. The van der Waals surface area contributed by atoms with Crippen molar-refractivity contribution in [2.45, 2.75) is 135 Å². The molecule has 2 aromatic heterocycles. The van der Waals surface area contributed by atoms with Crippen molar-refractivity contribution in [3.63, 3.8) is 0 Å². The molecule has 2 aliphatic carbocycles. The van der Waals surface area contributed by atoms with Crippen molar-refractivity contribution >= 4 is 69.7 Å². The quantitative estimate of drug-likeness (QED) is 0.0239. The Balaban J connectivity index is 0.671. The Morgan fingerprint density at radius 1 is 0.821 bits per heavy atom. The first-order chi connectivity index (χ1) is 45.6. The normalized spacial score (nSPS) is 20.1. The van der Waals surface area contributed by atoms with Gasteiger partial charge in [0.25, 0.3) is 11.5 Å². The number of cyclic esters (lactones) is 1. The third kappa shape index (κ3) is 15.7. The minimum Gasteiger partial charge on any atom is -0.458 e. The molecule has 5 heterocycles. The zero-order chi connectivity index (χ0) is 67.7. The number of aryl methyl sites for hydroxylation is 1. The van der Waals surface area contributed by atoms with Gasteiger partial charge in [-0.3, -0.25) is 52.8 Å². The first-order valence-electron chi connectivity index (χ1n) is 32.8. The Morgan fingerprint density at radius 2 is 1.54 bits per heavy atom. The number of hydrogen-bond donors (Lipinski definition) is 4. The highest BCUT2D eigenvalue weighted by Crippen LogP contribution is 2.48. The lowest BCUT2D eigenvalue weighted by Crippen LogP contribution is -2.44. The first-order valence-corrected chi connectivity index (χ1v) is 32.8. The molecule has 1 saturated heterocycles. The van der Waals surface area contributed by atoms with Crippen LogP contribution in [-0.4, -0.2) is 149 Å². The molecule has 1 unspecified atom stereocenters. The Kier molecular flexibility index (Phi) is 22.4. The number of halogens is 1. The predicted octanol–water partition coefficient (Wildman–Crippen LogP) is 5.44. The largest absolute Gasteiger partial charge is 0.458 e. The van der Waals surface area contributed by atoms with Gasteiger partial charge in [0.1, 0.15) is 19.0 Å². The number of fused-ring (bicyclic) bond motifs is 5. The summed E-state index contributed by atoms with van der Waals surface area (Å²) in [5.41, 5.74) is 2.48. The van der Waals surface area contributed by atoms with E-state index in [1.165, 1.54) is 15.5 Å². The van der Waals surface area contributed by atoms with Gasteiger partial charge in [0, 0.05) is 92.6 Å². The molecule has 10 rings (SSSR count). The number of likely N-dealkylation sites (tertiary alicyclic amines) is 1. The summed E-state index contributed by atoms with van der Waals surface area (Å²) in [4.78, 5) is 153. The maximum atomic E-state index is 15.7. The van der Waals surface area contributed by atoms with Crippen LogP contribution in [0.3, 0.4) is 0 Å². The van der Waals surface area contributed by atoms with E-state index in [0.717, 1.165) is 24.0 Å². The van der Waals surface area contributed by atoms with Crippen LogP contribution in [0, 0.1) is 36.4 Å². The molecular weight excluding hydrogens is 1230 g/mol. The zero-order valence-electron chi connectivity index (χ0n) is 54.1. The van der Waals surface area contributed by atoms with E-state index < -0.39 is 83.4 Å². The van der Waals surface area contributed by atoms with Crippen molar-refractivity contribution in [1.82, 2.24) is 35.3 Å². The van der Waals surface area contributed by atoms with E-state index >= 15 is 9.18 Å². The minimum absolute atomic E-state index is 0.0410. The van der Waals surface area contributed by atoms with Crippen LogP contribution in [0.1, 0.15) is 141 Å². The fourth-order valence-electron chi connectivity index (χ4n) is 13.7. The second-order valence-electron chi connectivity index (χ2n) is 25.5. The maximum absolute atomic E-state index is 15.7. The Hall–Kier alpha value is -8.71. The van der Waals surface area contributed by atoms with E-state index in [2.05, 4.69) is 16.0 Å². The molecule has 24 heteroatoms. The second-order valence-corrected chi connectivity index (χ2v) is 25.5. The molecule has 504 valence electrons. The number of rotatable bonds is 31. The van der Waals surface area contributed by atoms with Crippen molar-refractivity contribution in [3.8, 4) is 11.4 Å². The molecule has 4 N–H and O–H groups in total. The van der Waals surface area contributed by atoms with Crippen LogP contribution in [0.25, 0.3) is 22.3 Å². The van der Waals surface area contributed by atoms with Crippen LogP contribution in [0.15, 0.2) is 77.6 Å². The van der Waals surface area contributed by atoms with Crippen LogP contribution >= 0.6 is 0 Å². The summed E-state index contributed by atoms with van der Waals surface area (Å²) in [6.07, 6.45) is 1.97. The first kappa shape index (κ1) is 69.1. The van der Waals surface area contributed by atoms with Crippen LogP contribution < -0.4 is 21.5 Å². The topological polar surface area (TPSA) is 305 Å². The van der Waals surface area contributed by atoms with E-state index in [-0.39, 0.29) is 144 Å². The highest BCUT2D eigenvalue weighted by atomic mass is 19.1. The monoisotopic (exact) mass is 1310 g/mol. The summed E-state index contributed by atoms with van der Waals surface area (Å²) in [7, 11) is 1.65. The molecule has 5 atom stereocenters. The number of imide groups is 1. The van der Waals surface area contributed by atoms with Gasteiger partial charge in [0.15, 0.2) is 29.1 Å². The number of carbonyl (C=O) groups is 10. The third-order valence-corrected chi connectivity index (χ3v) is 19.2. The fraction of sp³-hybridized carbons (Fsp3) is 0.493. The van der Waals surface area contributed by atoms with E-state index in [1.807, 2.05) is 6.07 Å². The Labute approximate surface area is 549 Å². The molecule has 3 aromatic carbocycles. The summed E-state index contributed by atoms with van der Waals surface area (Å²) < 4.78 is 39.8. The van der Waals surface area contributed by atoms with Gasteiger partial charge < -0.3 is 49.5 Å². The Bertz CT molecular complexity index is 3850. The van der Waals surface area contributed by atoms with Gasteiger partial charge in [-0.1, -0.05) is 74.5 Å². The standard InChI is InChI=1S/C71H82FN7O16/c1-5-71(91)54-33-58-63-52(38-78(58)68(88)53(54)40-95-70(71)90)62-57(22-21-51-42(3)55(72)34-56(76-63)61(51)62)77(4)69(89)64(45-14-10-7-11-15-45)94-26-24-48(80)35-75-66(86)47(31-43-12-8-6-9-13-43)32-50(82)36-74-59(83)23-20-49(81)39-93-29-28-92-27-25-73-65(85)46-18-16-44(17-19-46)37-79-60(84)30-41(2)67(79)87/h6-15,33-34,41,44,46-47,57,64,91H,5,16-32,35-40H2,1-4H3,(H,73,85)(H,74,83)(H,75,86)/t41?,44?,46?,47-,57+,64+,71+/m1/s1. The van der Waals surface area contributed by atoms with Gasteiger partial charge >= 0.3 is 5.97 Å². The summed E-state index contributed by atoms with van der Waals surface area (Å²) >= 11 is 0. The number of aromatic nitrogens is 2. The molecule has 0 spiro atoms. The highest BCUT2D eigenvalue weighted by molar-refractivity contribution is 6.03. The molecule has 0 radical (unpaired) electrons. The Morgan fingerprint density at radius 3 is 2.25 bits per heavy atom. The number of carbonyl (C=O) groups excluding carboxylic acids is 10. The molecule has 2 fully saturated rings. The average Bonchev–Trinajstić information content (AvgIpc) is 1.65. The van der Waals surface area contributed by atoms with Crippen molar-refractivity contribution in [2.75, 3.05) is 66.3 Å². The lowest BCUT2D eigenvalue weighted by molar-refractivity contribution is -0.172. The van der Waals surface area contributed by atoms with Crippen LogP contribution in [-0.2, 0) is 98.5 Å². The number of pyridine rings is 2. The molecule has 0 bridgehead atoms. The lowest BCUT2D eigenvalue weighted by atomic mass is 9.81. The van der Waals surface area contributed by atoms with Crippen molar-refractivity contribution in [2.24, 2.45) is 23.7 Å². The molecule has 3 aliphatic heterocycles. The van der Waals surface area contributed by atoms with E-state index in [0.29, 0.717) is 83.3 Å². The number of amides is 6. The van der Waals surface area contributed by atoms with Crippen LogP contribution in [0.4, 0.5) is 4.39 Å². The summed E-state index contributed by atoms with van der Waals surface area (Å²) in [6, 6.07) is 20.1. The lowest BCUT2D eigenvalue weighted by Gasteiger charge is -2.36. The number of benzene rings is 3. The molecule has 6 amide bonds. The van der Waals surface area contributed by atoms with Crippen molar-refractivity contribution in [3.05, 3.63) is 133 Å². The molecule has 1 saturated carbocycles. The third-order valence-electron chi connectivity index (χ3n) is 19.2. The number of nitrogens with zero attached hydrogens (tertiary/aromatic N) is 4. The molecule has 5 aromatic rings. The average molecular weight is 1310 g/mol. The number of hydrogen-bond acceptors (Lipinski definition) is 17. The minimum atomic E-state index is -2.07. The van der Waals surface area contributed by atoms with Gasteiger partial charge in [-0.2, -0.15) is 0 Å². The fourth-order valence-corrected chi connectivity index (χ4v) is 13.7. The SMILES string of the molecule is CC[C@@]1(O)C(=O)OCc2c1cc1n(c2=O)Cc2c-1nc1cc(F)c(C)c3c1c2[C@@H](N(C)C(=O)[C@@H](OCCC(=O)CNC(=O)[C@@H](CC(=O)CNC(=O)CCC(=O)COCCOCCNC(=O)C1CCC(CN2C(=O)CC(C)C2=O)CC1)Cc1ccccc1)c1ccccc1)CC3. The number of ketones is 3. The predicted molar refractivity (Wildman–Crippen MR) is 342 cm³/mol. The summed E-state index contributed by atoms with van der Waals surface area (Å²) in [6.45, 7) is 4.73. The summed E-state index contributed by atoms with van der Waals surface area (Å²) in [5, 5.41) is 20.3. The van der Waals surface area contributed by atoms with Gasteiger partial charge in [0.05, 0.1) is 74.6 Å². The summed E-state index contributed by atoms with van der Waals surface area (Å²) in [5.74, 6) is -5.55. The van der Waals surface area contributed by atoms with Crippen molar-refractivity contribution in [1.29, 1.82) is 0 Å². The number of ether oxygens (including phenoxy) is 4. The molecular formula is C71H82FN7O16. The van der Waals surface area contributed by atoms with Crippen LogP contribution in [0.2, 0.25) is 0 Å². The van der Waals surface area contributed by atoms with Gasteiger partial charge in [-0.05, 0) is 98.1 Å². The second kappa shape index (κ2) is 30.8. The highest BCUT2D eigenvalue weighted by Gasteiger charge is 2.47. The molecule has 95 heavy (non-hydrogen) atoms. The van der Waals surface area contributed by atoms with E-state index in [9.17, 15) is 53.1 Å². The maximum Gasteiger partial charge on any atom is 0.343 e. The van der Waals surface area contributed by atoms with E-state index in [1.54, 1.807) is 93.4 Å². The van der Waals surface area contributed by atoms with Gasteiger partial charge in [-0.15, -0.1) is 0 Å². The van der Waals surface area contributed by atoms with Crippen LogP contribution in [0.5, 0.6) is 0 Å². The number of esters is 1. The number of likely N-dealkylation sites (N-methyl/N-ethyl adjacent to an activating group) is 1. The van der Waals surface area contributed by atoms with Crippen molar-refractivity contribution < 1.29 is 76.4 Å². The number of nitrogens with one attached hydrogen (secondary N) is 3. The van der Waals surface area contributed by atoms with Gasteiger partial charge in [0.2, 0.25) is 29.5 Å².